The molecule has 0 aromatic carbocycles. The average molecular weight is 244 g/mol. The highest BCUT2D eigenvalue weighted by Gasteiger charge is 2.32. The van der Waals surface area contributed by atoms with Crippen LogP contribution in [0.25, 0.3) is 0 Å². The van der Waals surface area contributed by atoms with Gasteiger partial charge in [0.25, 0.3) is 0 Å². The Morgan fingerprint density at radius 1 is 1.59 bits per heavy atom. The summed E-state index contributed by atoms with van der Waals surface area (Å²) in [5.41, 5.74) is -0.0662. The summed E-state index contributed by atoms with van der Waals surface area (Å²) < 4.78 is 10.3. The van der Waals surface area contributed by atoms with Gasteiger partial charge in [-0.05, 0) is 26.7 Å². The molecule has 17 heavy (non-hydrogen) atoms. The summed E-state index contributed by atoms with van der Waals surface area (Å²) in [7, 11) is 1.66. The molecule has 0 aliphatic carbocycles. The lowest BCUT2D eigenvalue weighted by molar-refractivity contribution is -0.123. The Labute approximate surface area is 103 Å². The highest BCUT2D eigenvalue weighted by molar-refractivity contribution is 5.81. The van der Waals surface area contributed by atoms with Gasteiger partial charge in [0.2, 0.25) is 5.91 Å². The van der Waals surface area contributed by atoms with Crippen LogP contribution in [0.15, 0.2) is 0 Å². The van der Waals surface area contributed by atoms with Crippen molar-refractivity contribution in [1.29, 1.82) is 0 Å². The van der Waals surface area contributed by atoms with Gasteiger partial charge < -0.3 is 14.8 Å². The van der Waals surface area contributed by atoms with E-state index in [1.54, 1.807) is 7.11 Å². The molecule has 0 saturated carbocycles. The summed E-state index contributed by atoms with van der Waals surface area (Å²) in [6.07, 6.45) is 1.80. The molecule has 0 spiro atoms. The number of nitrogens with one attached hydrogen (secondary N) is 2. The Morgan fingerprint density at radius 3 is 2.94 bits per heavy atom. The molecule has 5 nitrogen and oxygen atoms in total. The van der Waals surface area contributed by atoms with Gasteiger partial charge in [-0.25, -0.2) is 0 Å². The molecule has 0 bridgehead atoms. The number of methoxy groups -OCH3 is 1. The van der Waals surface area contributed by atoms with Gasteiger partial charge in [0.1, 0.15) is 0 Å². The largest absolute Gasteiger partial charge is 0.385 e. The first-order chi connectivity index (χ1) is 8.07. The van der Waals surface area contributed by atoms with E-state index in [-0.39, 0.29) is 17.5 Å². The van der Waals surface area contributed by atoms with Crippen molar-refractivity contribution < 1.29 is 14.3 Å². The van der Waals surface area contributed by atoms with Crippen molar-refractivity contribution in [1.82, 2.24) is 10.6 Å². The molecule has 0 aromatic rings. The molecule has 1 aliphatic rings. The van der Waals surface area contributed by atoms with E-state index >= 15 is 0 Å². The van der Waals surface area contributed by atoms with E-state index in [1.165, 1.54) is 0 Å². The SMILES string of the molecule is COCCCNC(=O)C(C)NC1(C)CCOC1. The molecule has 0 radical (unpaired) electrons. The van der Waals surface area contributed by atoms with Crippen LogP contribution in [-0.2, 0) is 14.3 Å². The van der Waals surface area contributed by atoms with Crippen LogP contribution >= 0.6 is 0 Å². The quantitative estimate of drug-likeness (QED) is 0.632. The molecule has 1 aliphatic heterocycles. The van der Waals surface area contributed by atoms with Crippen LogP contribution in [0, 0.1) is 0 Å². The molecular weight excluding hydrogens is 220 g/mol. The predicted molar refractivity (Wildman–Crippen MR) is 65.9 cm³/mol. The number of rotatable bonds is 7. The normalized spacial score (nSPS) is 25.8. The highest BCUT2D eigenvalue weighted by atomic mass is 16.5. The Bertz CT molecular complexity index is 240. The lowest BCUT2D eigenvalue weighted by atomic mass is 10.0. The minimum absolute atomic E-state index is 0.0363. The minimum Gasteiger partial charge on any atom is -0.385 e. The second-order valence-corrected chi connectivity index (χ2v) is 4.87. The maximum Gasteiger partial charge on any atom is 0.236 e. The molecule has 1 saturated heterocycles. The van der Waals surface area contributed by atoms with E-state index in [1.807, 2.05) is 6.92 Å². The zero-order valence-electron chi connectivity index (χ0n) is 11.0. The van der Waals surface area contributed by atoms with Crippen molar-refractivity contribution in [3.05, 3.63) is 0 Å². The van der Waals surface area contributed by atoms with Crippen LogP contribution < -0.4 is 10.6 Å². The smallest absolute Gasteiger partial charge is 0.236 e. The Morgan fingerprint density at radius 2 is 2.35 bits per heavy atom. The van der Waals surface area contributed by atoms with Crippen LogP contribution in [0.1, 0.15) is 26.7 Å². The standard InChI is InChI=1S/C12H24N2O3/c1-10(11(15)13-6-4-7-16-3)14-12(2)5-8-17-9-12/h10,14H,4-9H2,1-3H3,(H,13,15). The molecule has 1 heterocycles. The molecule has 2 atom stereocenters. The summed E-state index contributed by atoms with van der Waals surface area (Å²) in [4.78, 5) is 11.8. The van der Waals surface area contributed by atoms with Crippen molar-refractivity contribution in [2.24, 2.45) is 0 Å². The summed E-state index contributed by atoms with van der Waals surface area (Å²) >= 11 is 0. The summed E-state index contributed by atoms with van der Waals surface area (Å²) in [5, 5.41) is 6.21. The van der Waals surface area contributed by atoms with Crippen LogP contribution in [0.4, 0.5) is 0 Å². The van der Waals surface area contributed by atoms with Crippen LogP contribution in [0.3, 0.4) is 0 Å². The average Bonchev–Trinajstić information content (AvgIpc) is 2.70. The maximum atomic E-state index is 11.8. The van der Waals surface area contributed by atoms with E-state index in [4.69, 9.17) is 9.47 Å². The van der Waals surface area contributed by atoms with Gasteiger partial charge >= 0.3 is 0 Å². The van der Waals surface area contributed by atoms with Crippen LogP contribution in [-0.4, -0.2) is 51.0 Å². The summed E-state index contributed by atoms with van der Waals surface area (Å²) in [6, 6.07) is -0.191. The van der Waals surface area contributed by atoms with Crippen molar-refractivity contribution in [2.75, 3.05) is 33.5 Å². The van der Waals surface area contributed by atoms with E-state index in [9.17, 15) is 4.79 Å². The van der Waals surface area contributed by atoms with Gasteiger partial charge in [0, 0.05) is 32.4 Å². The Balaban J connectivity index is 2.22. The van der Waals surface area contributed by atoms with Crippen molar-refractivity contribution in [3.8, 4) is 0 Å². The van der Waals surface area contributed by atoms with Gasteiger partial charge in [-0.1, -0.05) is 0 Å². The van der Waals surface area contributed by atoms with E-state index in [2.05, 4.69) is 17.6 Å². The molecule has 0 aromatic heterocycles. The highest BCUT2D eigenvalue weighted by Crippen LogP contribution is 2.18. The predicted octanol–water partition coefficient (Wildman–Crippen LogP) is 0.296. The first-order valence-electron chi connectivity index (χ1n) is 6.19. The van der Waals surface area contributed by atoms with Gasteiger partial charge in [-0.2, -0.15) is 0 Å². The number of carbonyl (C=O) groups is 1. The second kappa shape index (κ2) is 6.93. The molecule has 2 unspecified atom stereocenters. The number of hydrogen-bond donors (Lipinski definition) is 2. The zero-order valence-corrected chi connectivity index (χ0v) is 11.0. The van der Waals surface area contributed by atoms with Crippen LogP contribution in [0.2, 0.25) is 0 Å². The van der Waals surface area contributed by atoms with E-state index in [0.29, 0.717) is 19.8 Å². The summed E-state index contributed by atoms with van der Waals surface area (Å²) in [6.45, 7) is 6.75. The molecule has 2 N–H and O–H groups in total. The molecule has 100 valence electrons. The second-order valence-electron chi connectivity index (χ2n) is 4.87. The third-order valence-corrected chi connectivity index (χ3v) is 3.00. The topological polar surface area (TPSA) is 59.6 Å². The molecular formula is C12H24N2O3. The van der Waals surface area contributed by atoms with Crippen molar-refractivity contribution in [3.63, 3.8) is 0 Å². The lowest BCUT2D eigenvalue weighted by Crippen LogP contribution is -2.53. The molecule has 1 amide bonds. The lowest BCUT2D eigenvalue weighted by Gasteiger charge is -2.27. The number of carbonyl (C=O) groups excluding carboxylic acids is 1. The monoisotopic (exact) mass is 244 g/mol. The van der Waals surface area contributed by atoms with Crippen LogP contribution in [0.5, 0.6) is 0 Å². The van der Waals surface area contributed by atoms with Gasteiger partial charge in [0.05, 0.1) is 12.6 Å². The van der Waals surface area contributed by atoms with Crippen molar-refractivity contribution >= 4 is 5.91 Å². The van der Waals surface area contributed by atoms with Gasteiger partial charge in [-0.15, -0.1) is 0 Å². The minimum atomic E-state index is -0.191. The Kier molecular flexibility index (Phi) is 5.88. The number of amides is 1. The first-order valence-corrected chi connectivity index (χ1v) is 6.19. The number of ether oxygens (including phenoxy) is 2. The third-order valence-electron chi connectivity index (χ3n) is 3.00. The Hall–Kier alpha value is -0.650. The van der Waals surface area contributed by atoms with Crippen molar-refractivity contribution in [2.45, 2.75) is 38.3 Å². The molecule has 1 rings (SSSR count). The fourth-order valence-electron chi connectivity index (χ4n) is 1.95. The summed E-state index contributed by atoms with van der Waals surface area (Å²) in [5.74, 6) is 0.0363. The van der Waals surface area contributed by atoms with E-state index < -0.39 is 0 Å². The first kappa shape index (κ1) is 14.4. The van der Waals surface area contributed by atoms with Gasteiger partial charge in [0.15, 0.2) is 0 Å². The maximum absolute atomic E-state index is 11.8. The molecule has 5 heteroatoms. The molecule has 1 fully saturated rings. The van der Waals surface area contributed by atoms with Gasteiger partial charge in [-0.3, -0.25) is 10.1 Å². The van der Waals surface area contributed by atoms with E-state index in [0.717, 1.165) is 19.4 Å². The number of hydrogen-bond acceptors (Lipinski definition) is 4. The zero-order chi connectivity index (χ0) is 12.7. The third kappa shape index (κ3) is 5.02. The fourth-order valence-corrected chi connectivity index (χ4v) is 1.95. The fraction of sp³-hybridized carbons (Fsp3) is 0.917.